The Hall–Kier alpha value is -0.470. The molecule has 1 aliphatic rings. The third-order valence-electron chi connectivity index (χ3n) is 3.00. The number of halogens is 1. The van der Waals surface area contributed by atoms with Crippen LogP contribution in [0.15, 0.2) is 23.2 Å². The SMILES string of the molecule is CSC(N)=Nc1c(C)cccc1N1CCOCC1.I. The number of rotatable bonds is 2. The largest absolute Gasteiger partial charge is 0.378 e. The van der Waals surface area contributed by atoms with Crippen LogP contribution in [0, 0.1) is 6.92 Å². The molecule has 1 aromatic carbocycles. The average molecular weight is 393 g/mol. The minimum atomic E-state index is 0. The molecule has 2 rings (SSSR count). The van der Waals surface area contributed by atoms with Crippen LogP contribution in [-0.2, 0) is 4.74 Å². The van der Waals surface area contributed by atoms with Gasteiger partial charge in [-0.3, -0.25) is 0 Å². The maximum Gasteiger partial charge on any atom is 0.158 e. The van der Waals surface area contributed by atoms with Crippen LogP contribution in [0.25, 0.3) is 0 Å². The van der Waals surface area contributed by atoms with Gasteiger partial charge in [0.25, 0.3) is 0 Å². The van der Waals surface area contributed by atoms with Crippen LogP contribution >= 0.6 is 35.7 Å². The maximum atomic E-state index is 5.84. The number of morpholine rings is 1. The zero-order chi connectivity index (χ0) is 13.0. The molecule has 0 aromatic heterocycles. The average Bonchev–Trinajstić information content (AvgIpc) is 2.42. The van der Waals surface area contributed by atoms with Crippen LogP contribution in [-0.4, -0.2) is 37.7 Å². The lowest BCUT2D eigenvalue weighted by atomic mass is 10.1. The number of para-hydroxylation sites is 1. The quantitative estimate of drug-likeness (QED) is 0.477. The van der Waals surface area contributed by atoms with Gasteiger partial charge in [0.1, 0.15) is 0 Å². The number of amidine groups is 1. The highest BCUT2D eigenvalue weighted by Gasteiger charge is 2.15. The third kappa shape index (κ3) is 4.25. The number of thioether (sulfide) groups is 1. The summed E-state index contributed by atoms with van der Waals surface area (Å²) in [5.74, 6) is 0. The molecule has 2 N–H and O–H groups in total. The molecule has 0 aliphatic carbocycles. The Morgan fingerprint density at radius 2 is 2.05 bits per heavy atom. The fourth-order valence-electron chi connectivity index (χ4n) is 2.00. The Kier molecular flexibility index (Phi) is 6.95. The topological polar surface area (TPSA) is 50.8 Å². The predicted octanol–water partition coefficient (Wildman–Crippen LogP) is 2.76. The molecule has 0 spiro atoms. The van der Waals surface area contributed by atoms with Crippen molar-refractivity contribution in [2.75, 3.05) is 37.5 Å². The van der Waals surface area contributed by atoms with Crippen molar-refractivity contribution in [1.29, 1.82) is 0 Å². The molecule has 1 saturated heterocycles. The van der Waals surface area contributed by atoms with Crippen LogP contribution < -0.4 is 10.6 Å². The normalized spacial score (nSPS) is 16.1. The van der Waals surface area contributed by atoms with Gasteiger partial charge in [0.2, 0.25) is 0 Å². The number of hydrogen-bond donors (Lipinski definition) is 1. The summed E-state index contributed by atoms with van der Waals surface area (Å²) in [7, 11) is 0. The molecule has 1 fully saturated rings. The minimum Gasteiger partial charge on any atom is -0.378 e. The standard InChI is InChI=1S/C13H19N3OS.HI/c1-10-4-3-5-11(12(10)15-13(14)18-2)16-6-8-17-9-7-16;/h3-5H,6-9H2,1-2H3,(H2,14,15);1H. The summed E-state index contributed by atoms with van der Waals surface area (Å²) in [6.07, 6.45) is 1.94. The van der Waals surface area contributed by atoms with Crippen molar-refractivity contribution < 1.29 is 4.74 Å². The molecule has 1 aromatic rings. The van der Waals surface area contributed by atoms with Crippen LogP contribution in [0.5, 0.6) is 0 Å². The van der Waals surface area contributed by atoms with E-state index in [4.69, 9.17) is 10.5 Å². The Morgan fingerprint density at radius 1 is 1.37 bits per heavy atom. The van der Waals surface area contributed by atoms with E-state index in [0.717, 1.165) is 43.2 Å². The zero-order valence-electron chi connectivity index (χ0n) is 11.3. The first-order valence-corrected chi connectivity index (χ1v) is 7.25. The first kappa shape index (κ1) is 16.6. The molecule has 0 amide bonds. The van der Waals surface area contributed by atoms with Gasteiger partial charge in [-0.1, -0.05) is 23.9 Å². The first-order chi connectivity index (χ1) is 8.72. The van der Waals surface area contributed by atoms with Gasteiger partial charge in [0, 0.05) is 13.1 Å². The second-order valence-electron chi connectivity index (χ2n) is 4.20. The summed E-state index contributed by atoms with van der Waals surface area (Å²) in [6.45, 7) is 5.43. The van der Waals surface area contributed by atoms with Crippen LogP contribution in [0.4, 0.5) is 11.4 Å². The summed E-state index contributed by atoms with van der Waals surface area (Å²) in [5.41, 5.74) is 9.12. The van der Waals surface area contributed by atoms with Gasteiger partial charge in [-0.05, 0) is 24.8 Å². The van der Waals surface area contributed by atoms with Crippen LogP contribution in [0.1, 0.15) is 5.56 Å². The summed E-state index contributed by atoms with van der Waals surface area (Å²) in [4.78, 5) is 6.84. The van der Waals surface area contributed by atoms with E-state index < -0.39 is 0 Å². The molecule has 0 unspecified atom stereocenters. The van der Waals surface area contributed by atoms with Crippen molar-refractivity contribution in [2.24, 2.45) is 10.7 Å². The zero-order valence-corrected chi connectivity index (χ0v) is 14.4. The van der Waals surface area contributed by atoms with E-state index in [9.17, 15) is 0 Å². The molecule has 4 nitrogen and oxygen atoms in total. The molecule has 0 saturated carbocycles. The summed E-state index contributed by atoms with van der Waals surface area (Å²) in [6, 6.07) is 6.23. The number of aliphatic imine (C=N–C) groups is 1. The monoisotopic (exact) mass is 393 g/mol. The van der Waals surface area contributed by atoms with Gasteiger partial charge < -0.3 is 15.4 Å². The second kappa shape index (κ2) is 7.96. The Labute approximate surface area is 135 Å². The van der Waals surface area contributed by atoms with Crippen LogP contribution in [0.3, 0.4) is 0 Å². The van der Waals surface area contributed by atoms with Crippen molar-refractivity contribution >= 4 is 52.3 Å². The molecule has 0 radical (unpaired) electrons. The lowest BCUT2D eigenvalue weighted by Gasteiger charge is -2.30. The molecule has 19 heavy (non-hydrogen) atoms. The molecule has 106 valence electrons. The molecule has 1 heterocycles. The number of hydrogen-bond acceptors (Lipinski definition) is 4. The molecular weight excluding hydrogens is 373 g/mol. The fourth-order valence-corrected chi connectivity index (χ4v) is 2.19. The molecule has 0 atom stereocenters. The summed E-state index contributed by atoms with van der Waals surface area (Å²) < 4.78 is 5.39. The lowest BCUT2D eigenvalue weighted by Crippen LogP contribution is -2.36. The maximum absolute atomic E-state index is 5.84. The van der Waals surface area contributed by atoms with Gasteiger partial charge in [-0.25, -0.2) is 4.99 Å². The number of nitrogens with zero attached hydrogens (tertiary/aromatic N) is 2. The molecule has 0 bridgehead atoms. The van der Waals surface area contributed by atoms with E-state index in [1.807, 2.05) is 6.26 Å². The summed E-state index contributed by atoms with van der Waals surface area (Å²) in [5, 5.41) is 0.596. The van der Waals surface area contributed by atoms with E-state index in [1.54, 1.807) is 0 Å². The Bertz CT molecular complexity index is 448. The first-order valence-electron chi connectivity index (χ1n) is 6.03. The van der Waals surface area contributed by atoms with E-state index in [2.05, 4.69) is 35.0 Å². The molecular formula is C13H20IN3OS. The van der Waals surface area contributed by atoms with E-state index in [-0.39, 0.29) is 24.0 Å². The van der Waals surface area contributed by atoms with Gasteiger partial charge in [0.05, 0.1) is 24.6 Å². The highest BCUT2D eigenvalue weighted by atomic mass is 127. The van der Waals surface area contributed by atoms with Crippen molar-refractivity contribution in [2.45, 2.75) is 6.92 Å². The van der Waals surface area contributed by atoms with Crippen molar-refractivity contribution in [3.05, 3.63) is 23.8 Å². The highest BCUT2D eigenvalue weighted by Crippen LogP contribution is 2.33. The number of aryl methyl sites for hydroxylation is 1. The number of benzene rings is 1. The van der Waals surface area contributed by atoms with Gasteiger partial charge in [-0.2, -0.15) is 0 Å². The van der Waals surface area contributed by atoms with E-state index in [1.165, 1.54) is 11.8 Å². The van der Waals surface area contributed by atoms with Gasteiger partial charge in [-0.15, -0.1) is 24.0 Å². The van der Waals surface area contributed by atoms with Gasteiger partial charge >= 0.3 is 0 Å². The lowest BCUT2D eigenvalue weighted by molar-refractivity contribution is 0.123. The number of anilines is 1. The van der Waals surface area contributed by atoms with Crippen LogP contribution in [0.2, 0.25) is 0 Å². The van der Waals surface area contributed by atoms with Crippen molar-refractivity contribution in [3.63, 3.8) is 0 Å². The van der Waals surface area contributed by atoms with Gasteiger partial charge in [0.15, 0.2) is 5.17 Å². The van der Waals surface area contributed by atoms with Crippen molar-refractivity contribution in [1.82, 2.24) is 0 Å². The third-order valence-corrected chi connectivity index (χ3v) is 3.51. The Morgan fingerprint density at radius 3 is 2.68 bits per heavy atom. The Balaban J connectivity index is 0.00000180. The smallest absolute Gasteiger partial charge is 0.158 e. The highest BCUT2D eigenvalue weighted by molar-refractivity contribution is 14.0. The molecule has 6 heteroatoms. The van der Waals surface area contributed by atoms with E-state index in [0.29, 0.717) is 5.17 Å². The summed E-state index contributed by atoms with van der Waals surface area (Å²) >= 11 is 1.47. The number of nitrogens with two attached hydrogens (primary N) is 1. The van der Waals surface area contributed by atoms with E-state index >= 15 is 0 Å². The second-order valence-corrected chi connectivity index (χ2v) is 5.02. The molecule has 1 aliphatic heterocycles. The fraction of sp³-hybridized carbons (Fsp3) is 0.462. The van der Waals surface area contributed by atoms with Crippen molar-refractivity contribution in [3.8, 4) is 0 Å². The predicted molar refractivity (Wildman–Crippen MR) is 94.4 cm³/mol. The number of ether oxygens (including phenoxy) is 1. The minimum absolute atomic E-state index is 0.